The summed E-state index contributed by atoms with van der Waals surface area (Å²) in [5.74, 6) is 1.45. The van der Waals surface area contributed by atoms with Gasteiger partial charge in [-0.15, -0.1) is 11.8 Å². The number of nitrogens with one attached hydrogen (secondary N) is 1. The van der Waals surface area contributed by atoms with Gasteiger partial charge in [0.15, 0.2) is 0 Å². The zero-order valence-corrected chi connectivity index (χ0v) is 13.3. The summed E-state index contributed by atoms with van der Waals surface area (Å²) in [6.45, 7) is 2.93. The minimum Gasteiger partial charge on any atom is -0.299 e. The van der Waals surface area contributed by atoms with E-state index in [1.165, 1.54) is 0 Å². The van der Waals surface area contributed by atoms with Gasteiger partial charge in [0.05, 0.1) is 16.1 Å². The number of thioether (sulfide) groups is 1. The minimum absolute atomic E-state index is 0.303. The number of pyridine rings is 1. The molecule has 0 radical (unpaired) electrons. The number of hydrogen-bond donors (Lipinski definition) is 1. The van der Waals surface area contributed by atoms with Gasteiger partial charge < -0.3 is 0 Å². The first-order chi connectivity index (χ1) is 9.70. The van der Waals surface area contributed by atoms with Crippen LogP contribution >= 0.6 is 23.4 Å². The van der Waals surface area contributed by atoms with Gasteiger partial charge in [0.25, 0.3) is 0 Å². The van der Waals surface area contributed by atoms with Crippen molar-refractivity contribution in [3.05, 3.63) is 23.4 Å². The average Bonchev–Trinajstić information content (AvgIpc) is 2.85. The summed E-state index contributed by atoms with van der Waals surface area (Å²) in [6.07, 6.45) is 6.00. The molecule has 0 bridgehead atoms. The molecule has 3 nitrogen and oxygen atoms in total. The Morgan fingerprint density at radius 3 is 3.10 bits per heavy atom. The molecule has 2 atom stereocenters. The zero-order valence-electron chi connectivity index (χ0n) is 11.7. The van der Waals surface area contributed by atoms with E-state index in [-0.39, 0.29) is 5.54 Å². The lowest BCUT2D eigenvalue weighted by Gasteiger charge is -2.29. The summed E-state index contributed by atoms with van der Waals surface area (Å²) >= 11 is 7.56. The van der Waals surface area contributed by atoms with Crippen LogP contribution in [0, 0.1) is 17.2 Å². The lowest BCUT2D eigenvalue weighted by molar-refractivity contribution is 0.317. The molecule has 0 saturated heterocycles. The van der Waals surface area contributed by atoms with Crippen LogP contribution in [0.25, 0.3) is 0 Å². The standard InChI is InChI=1S/C15H20ClN3S/c1-2-19-15(11-17)8-3-4-12(15)7-9-20-14-6-5-13(16)10-18-14/h5-6,10,12,19H,2-4,7-9H2,1H3. The van der Waals surface area contributed by atoms with Gasteiger partial charge >= 0.3 is 0 Å². The van der Waals surface area contributed by atoms with Crippen molar-refractivity contribution in [3.8, 4) is 6.07 Å². The van der Waals surface area contributed by atoms with Crippen LogP contribution in [-0.4, -0.2) is 22.8 Å². The molecule has 108 valence electrons. The van der Waals surface area contributed by atoms with Crippen LogP contribution in [0.4, 0.5) is 0 Å². The Bertz CT molecular complexity index is 471. The third kappa shape index (κ3) is 3.66. The first-order valence-corrected chi connectivity index (χ1v) is 8.47. The van der Waals surface area contributed by atoms with Crippen molar-refractivity contribution in [1.82, 2.24) is 10.3 Å². The Kier molecular flexibility index (Phi) is 5.71. The van der Waals surface area contributed by atoms with Crippen LogP contribution in [-0.2, 0) is 0 Å². The van der Waals surface area contributed by atoms with Gasteiger partial charge in [0, 0.05) is 6.20 Å². The molecule has 0 spiro atoms. The van der Waals surface area contributed by atoms with Crippen molar-refractivity contribution >= 4 is 23.4 Å². The first-order valence-electron chi connectivity index (χ1n) is 7.11. The molecule has 0 aromatic carbocycles. The monoisotopic (exact) mass is 309 g/mol. The predicted octanol–water partition coefficient (Wildman–Crippen LogP) is 3.89. The van der Waals surface area contributed by atoms with Gasteiger partial charge in [-0.2, -0.15) is 5.26 Å². The van der Waals surface area contributed by atoms with Gasteiger partial charge in [0.1, 0.15) is 5.54 Å². The van der Waals surface area contributed by atoms with Gasteiger partial charge in [-0.05, 0) is 49.6 Å². The molecule has 20 heavy (non-hydrogen) atoms. The van der Waals surface area contributed by atoms with Crippen molar-refractivity contribution < 1.29 is 0 Å². The Morgan fingerprint density at radius 2 is 2.45 bits per heavy atom. The summed E-state index contributed by atoms with van der Waals surface area (Å²) in [4.78, 5) is 4.29. The highest BCUT2D eigenvalue weighted by Gasteiger charge is 2.41. The molecule has 2 unspecified atom stereocenters. The lowest BCUT2D eigenvalue weighted by Crippen LogP contribution is -2.47. The van der Waals surface area contributed by atoms with Crippen molar-refractivity contribution in [2.24, 2.45) is 5.92 Å². The number of nitrogens with zero attached hydrogens (tertiary/aromatic N) is 2. The Morgan fingerprint density at radius 1 is 1.60 bits per heavy atom. The third-order valence-electron chi connectivity index (χ3n) is 3.93. The van der Waals surface area contributed by atoms with Crippen LogP contribution in [0.1, 0.15) is 32.6 Å². The van der Waals surface area contributed by atoms with Gasteiger partial charge in [-0.3, -0.25) is 5.32 Å². The van der Waals surface area contributed by atoms with E-state index in [9.17, 15) is 5.26 Å². The number of rotatable bonds is 6. The Balaban J connectivity index is 1.87. The van der Waals surface area contributed by atoms with Crippen molar-refractivity contribution in [1.29, 1.82) is 5.26 Å². The molecule has 5 heteroatoms. The van der Waals surface area contributed by atoms with E-state index in [0.717, 1.165) is 43.0 Å². The molecule has 1 fully saturated rings. The average molecular weight is 310 g/mol. The molecular weight excluding hydrogens is 290 g/mol. The van der Waals surface area contributed by atoms with E-state index < -0.39 is 0 Å². The topological polar surface area (TPSA) is 48.7 Å². The highest BCUT2D eigenvalue weighted by atomic mass is 35.5. The smallest absolute Gasteiger partial charge is 0.109 e. The summed E-state index contributed by atoms with van der Waals surface area (Å²) in [7, 11) is 0. The second kappa shape index (κ2) is 7.31. The Labute approximate surface area is 130 Å². The van der Waals surface area contributed by atoms with E-state index >= 15 is 0 Å². The van der Waals surface area contributed by atoms with Crippen LogP contribution < -0.4 is 5.32 Å². The quantitative estimate of drug-likeness (QED) is 0.810. The third-order valence-corrected chi connectivity index (χ3v) is 5.13. The van der Waals surface area contributed by atoms with Crippen LogP contribution in [0.2, 0.25) is 5.02 Å². The van der Waals surface area contributed by atoms with Gasteiger partial charge in [-0.25, -0.2) is 4.98 Å². The normalized spacial score (nSPS) is 25.6. The summed E-state index contributed by atoms with van der Waals surface area (Å²) in [5.41, 5.74) is -0.303. The summed E-state index contributed by atoms with van der Waals surface area (Å²) in [5, 5.41) is 14.6. The maximum absolute atomic E-state index is 9.52. The molecule has 2 rings (SSSR count). The van der Waals surface area contributed by atoms with E-state index in [0.29, 0.717) is 10.9 Å². The maximum atomic E-state index is 9.52. The molecular formula is C15H20ClN3S. The predicted molar refractivity (Wildman–Crippen MR) is 83.9 cm³/mol. The Hall–Kier alpha value is -0.760. The largest absolute Gasteiger partial charge is 0.299 e. The minimum atomic E-state index is -0.303. The molecule has 1 aromatic rings. The second-order valence-electron chi connectivity index (χ2n) is 5.15. The number of halogens is 1. The number of nitriles is 1. The van der Waals surface area contributed by atoms with Crippen molar-refractivity contribution in [3.63, 3.8) is 0 Å². The second-order valence-corrected chi connectivity index (χ2v) is 6.71. The van der Waals surface area contributed by atoms with Crippen LogP contribution in [0.3, 0.4) is 0 Å². The van der Waals surface area contributed by atoms with Crippen LogP contribution in [0.5, 0.6) is 0 Å². The molecule has 1 N–H and O–H groups in total. The highest BCUT2D eigenvalue weighted by molar-refractivity contribution is 7.99. The molecule has 1 aliphatic carbocycles. The fourth-order valence-corrected chi connectivity index (χ4v) is 3.97. The number of aromatic nitrogens is 1. The number of hydrogen-bond acceptors (Lipinski definition) is 4. The molecule has 1 aromatic heterocycles. The fraction of sp³-hybridized carbons (Fsp3) is 0.600. The van der Waals surface area contributed by atoms with Gasteiger partial charge in [-0.1, -0.05) is 24.9 Å². The maximum Gasteiger partial charge on any atom is 0.109 e. The van der Waals surface area contributed by atoms with Gasteiger partial charge in [0.2, 0.25) is 0 Å². The van der Waals surface area contributed by atoms with Crippen molar-refractivity contribution in [2.45, 2.75) is 43.2 Å². The van der Waals surface area contributed by atoms with E-state index in [2.05, 4.69) is 23.3 Å². The zero-order chi connectivity index (χ0) is 14.4. The van der Waals surface area contributed by atoms with E-state index in [1.807, 2.05) is 12.1 Å². The van der Waals surface area contributed by atoms with E-state index in [1.54, 1.807) is 18.0 Å². The lowest BCUT2D eigenvalue weighted by atomic mass is 9.86. The fourth-order valence-electron chi connectivity index (χ4n) is 2.96. The molecule has 0 aliphatic heterocycles. The van der Waals surface area contributed by atoms with E-state index in [4.69, 9.17) is 11.6 Å². The highest BCUT2D eigenvalue weighted by Crippen LogP contribution is 2.38. The molecule has 0 amide bonds. The molecule has 1 aliphatic rings. The SMILES string of the molecule is CCNC1(C#N)CCCC1CCSc1ccc(Cl)cn1. The summed E-state index contributed by atoms with van der Waals surface area (Å²) in [6, 6.07) is 6.34. The van der Waals surface area contributed by atoms with Crippen molar-refractivity contribution in [2.75, 3.05) is 12.3 Å². The molecule has 1 saturated carbocycles. The molecule has 1 heterocycles. The summed E-state index contributed by atoms with van der Waals surface area (Å²) < 4.78 is 0. The van der Waals surface area contributed by atoms with Crippen LogP contribution in [0.15, 0.2) is 23.4 Å². The first kappa shape index (κ1) is 15.6.